The second-order valence-electron chi connectivity index (χ2n) is 3.80. The summed E-state index contributed by atoms with van der Waals surface area (Å²) < 4.78 is 0. The highest BCUT2D eigenvalue weighted by Crippen LogP contribution is 2.41. The number of nitrogens with two attached hydrogens (primary N) is 1. The second kappa shape index (κ2) is 2.42. The molecule has 1 heterocycles. The van der Waals surface area contributed by atoms with Crippen LogP contribution in [0.4, 0.5) is 0 Å². The van der Waals surface area contributed by atoms with E-state index < -0.39 is 0 Å². The zero-order valence-electron chi connectivity index (χ0n) is 6.31. The maximum Gasteiger partial charge on any atom is 0.0158 e. The van der Waals surface area contributed by atoms with E-state index in [9.17, 15) is 0 Å². The Morgan fingerprint density at radius 1 is 1.50 bits per heavy atom. The van der Waals surface area contributed by atoms with Crippen LogP contribution in [-0.2, 0) is 0 Å². The van der Waals surface area contributed by atoms with Crippen molar-refractivity contribution in [1.29, 1.82) is 0 Å². The summed E-state index contributed by atoms with van der Waals surface area (Å²) in [6.45, 7) is 0. The van der Waals surface area contributed by atoms with Gasteiger partial charge >= 0.3 is 0 Å². The Morgan fingerprint density at radius 3 is 2.80 bits per heavy atom. The predicted molar refractivity (Wildman–Crippen MR) is 46.2 cm³/mol. The first-order valence-electron chi connectivity index (χ1n) is 4.15. The molecule has 1 aliphatic carbocycles. The van der Waals surface area contributed by atoms with Crippen molar-refractivity contribution >= 4 is 11.8 Å². The molecule has 1 saturated heterocycles. The predicted octanol–water partition coefficient (Wildman–Crippen LogP) is 1.62. The highest BCUT2D eigenvalue weighted by atomic mass is 32.2. The molecule has 2 rings (SSSR count). The van der Waals surface area contributed by atoms with Gasteiger partial charge < -0.3 is 5.73 Å². The molecule has 0 amide bonds. The molecule has 0 aromatic heterocycles. The number of hydrogen-bond donors (Lipinski definition) is 1. The molecular weight excluding hydrogens is 142 g/mol. The van der Waals surface area contributed by atoms with Crippen molar-refractivity contribution in [3.05, 3.63) is 0 Å². The molecule has 1 nitrogen and oxygen atoms in total. The monoisotopic (exact) mass is 157 g/mol. The van der Waals surface area contributed by atoms with E-state index in [0.29, 0.717) is 5.54 Å². The lowest BCUT2D eigenvalue weighted by atomic mass is 9.98. The molecule has 58 valence electrons. The fourth-order valence-corrected chi connectivity index (χ4v) is 2.97. The molecule has 0 aromatic carbocycles. The first kappa shape index (κ1) is 6.99. The summed E-state index contributed by atoms with van der Waals surface area (Å²) in [4.78, 5) is 0. The van der Waals surface area contributed by atoms with Gasteiger partial charge in [-0.3, -0.25) is 0 Å². The molecule has 0 spiro atoms. The molecular formula is C8H15NS. The minimum atomic E-state index is 0.301. The number of rotatable bonds is 2. The van der Waals surface area contributed by atoms with Crippen LogP contribution in [0.25, 0.3) is 0 Å². The van der Waals surface area contributed by atoms with Crippen LogP contribution in [0.3, 0.4) is 0 Å². The summed E-state index contributed by atoms with van der Waals surface area (Å²) in [5.74, 6) is 3.71. The number of hydrogen-bond acceptors (Lipinski definition) is 2. The third-order valence-corrected chi connectivity index (χ3v) is 3.84. The molecule has 2 heteroatoms. The van der Waals surface area contributed by atoms with Gasteiger partial charge in [0.25, 0.3) is 0 Å². The van der Waals surface area contributed by atoms with Crippen LogP contribution >= 0.6 is 11.8 Å². The highest BCUT2D eigenvalue weighted by Gasteiger charge is 2.40. The molecule has 1 aliphatic heterocycles. The average molecular weight is 157 g/mol. The SMILES string of the molecule is NC1(CC2CCSC2)CC1. The van der Waals surface area contributed by atoms with E-state index in [-0.39, 0.29) is 0 Å². The molecule has 10 heavy (non-hydrogen) atoms. The van der Waals surface area contributed by atoms with E-state index in [4.69, 9.17) is 5.73 Å². The smallest absolute Gasteiger partial charge is 0.0158 e. The first-order valence-corrected chi connectivity index (χ1v) is 5.31. The summed E-state index contributed by atoms with van der Waals surface area (Å²) in [7, 11) is 0. The molecule has 0 bridgehead atoms. The van der Waals surface area contributed by atoms with Crippen LogP contribution in [0.5, 0.6) is 0 Å². The molecule has 1 unspecified atom stereocenters. The van der Waals surface area contributed by atoms with Crippen molar-refractivity contribution < 1.29 is 0 Å². The number of thioether (sulfide) groups is 1. The Balaban J connectivity index is 1.78. The van der Waals surface area contributed by atoms with E-state index in [1.54, 1.807) is 0 Å². The van der Waals surface area contributed by atoms with Crippen LogP contribution in [-0.4, -0.2) is 17.0 Å². The summed E-state index contributed by atoms with van der Waals surface area (Å²) >= 11 is 2.10. The van der Waals surface area contributed by atoms with Crippen LogP contribution in [0.1, 0.15) is 25.7 Å². The Kier molecular flexibility index (Phi) is 1.69. The van der Waals surface area contributed by atoms with Gasteiger partial charge in [-0.2, -0.15) is 11.8 Å². The van der Waals surface area contributed by atoms with Gasteiger partial charge in [0, 0.05) is 5.54 Å². The minimum absolute atomic E-state index is 0.301. The summed E-state index contributed by atoms with van der Waals surface area (Å²) in [6.07, 6.45) is 5.30. The van der Waals surface area contributed by atoms with Crippen molar-refractivity contribution in [2.75, 3.05) is 11.5 Å². The average Bonchev–Trinajstić information content (AvgIpc) is 2.47. The second-order valence-corrected chi connectivity index (χ2v) is 4.95. The maximum absolute atomic E-state index is 6.02. The van der Waals surface area contributed by atoms with Crippen molar-refractivity contribution in [2.45, 2.75) is 31.2 Å². The Bertz CT molecular complexity index is 125. The van der Waals surface area contributed by atoms with E-state index >= 15 is 0 Å². The van der Waals surface area contributed by atoms with Crippen LogP contribution in [0.15, 0.2) is 0 Å². The lowest BCUT2D eigenvalue weighted by molar-refractivity contribution is 0.461. The van der Waals surface area contributed by atoms with Gasteiger partial charge in [-0.25, -0.2) is 0 Å². The van der Waals surface area contributed by atoms with Crippen molar-refractivity contribution in [1.82, 2.24) is 0 Å². The van der Waals surface area contributed by atoms with E-state index in [0.717, 1.165) is 5.92 Å². The molecule has 2 aliphatic rings. The third kappa shape index (κ3) is 1.48. The summed E-state index contributed by atoms with van der Waals surface area (Å²) in [5, 5.41) is 0. The van der Waals surface area contributed by atoms with E-state index in [1.165, 1.54) is 37.2 Å². The van der Waals surface area contributed by atoms with E-state index in [1.807, 2.05) is 0 Å². The molecule has 1 saturated carbocycles. The molecule has 0 radical (unpaired) electrons. The molecule has 1 atom stereocenters. The lowest BCUT2D eigenvalue weighted by Gasteiger charge is -2.12. The molecule has 2 N–H and O–H groups in total. The first-order chi connectivity index (χ1) is 4.79. The lowest BCUT2D eigenvalue weighted by Crippen LogP contribution is -2.25. The van der Waals surface area contributed by atoms with Crippen LogP contribution in [0, 0.1) is 5.92 Å². The van der Waals surface area contributed by atoms with Crippen molar-refractivity contribution in [3.8, 4) is 0 Å². The van der Waals surface area contributed by atoms with Gasteiger partial charge in [0.2, 0.25) is 0 Å². The van der Waals surface area contributed by atoms with E-state index in [2.05, 4.69) is 11.8 Å². The Morgan fingerprint density at radius 2 is 2.30 bits per heavy atom. The summed E-state index contributed by atoms with van der Waals surface area (Å²) in [6, 6.07) is 0. The molecule has 2 fully saturated rings. The third-order valence-electron chi connectivity index (χ3n) is 2.61. The van der Waals surface area contributed by atoms with Gasteiger partial charge in [0.1, 0.15) is 0 Å². The van der Waals surface area contributed by atoms with Gasteiger partial charge in [-0.15, -0.1) is 0 Å². The Labute approximate surface area is 66.7 Å². The zero-order chi connectivity index (χ0) is 7.03. The minimum Gasteiger partial charge on any atom is -0.325 e. The topological polar surface area (TPSA) is 26.0 Å². The maximum atomic E-state index is 6.02. The summed E-state index contributed by atoms with van der Waals surface area (Å²) in [5.41, 5.74) is 6.32. The zero-order valence-corrected chi connectivity index (χ0v) is 7.12. The van der Waals surface area contributed by atoms with Gasteiger partial charge in [-0.05, 0) is 43.1 Å². The van der Waals surface area contributed by atoms with Gasteiger partial charge in [-0.1, -0.05) is 0 Å². The van der Waals surface area contributed by atoms with Crippen LogP contribution in [0.2, 0.25) is 0 Å². The quantitative estimate of drug-likeness (QED) is 0.659. The highest BCUT2D eigenvalue weighted by molar-refractivity contribution is 7.99. The van der Waals surface area contributed by atoms with Gasteiger partial charge in [0.15, 0.2) is 0 Å². The standard InChI is InChI=1S/C8H15NS/c9-8(2-3-8)5-7-1-4-10-6-7/h7H,1-6,9H2. The van der Waals surface area contributed by atoms with Gasteiger partial charge in [0.05, 0.1) is 0 Å². The fourth-order valence-electron chi connectivity index (χ4n) is 1.68. The molecule has 0 aromatic rings. The Hall–Kier alpha value is 0.310. The largest absolute Gasteiger partial charge is 0.325 e. The normalized spacial score (nSPS) is 36.3. The van der Waals surface area contributed by atoms with Crippen LogP contribution < -0.4 is 5.73 Å². The van der Waals surface area contributed by atoms with Crippen molar-refractivity contribution in [3.63, 3.8) is 0 Å². The fraction of sp³-hybridized carbons (Fsp3) is 1.00. The van der Waals surface area contributed by atoms with Crippen molar-refractivity contribution in [2.24, 2.45) is 11.7 Å².